The van der Waals surface area contributed by atoms with Crippen LogP contribution in [-0.4, -0.2) is 85.0 Å². The van der Waals surface area contributed by atoms with Gasteiger partial charge in [0.1, 0.15) is 29.6 Å². The zero-order chi connectivity index (χ0) is 32.9. The molecule has 7 rings (SSSR count). The Morgan fingerprint density at radius 1 is 1.17 bits per heavy atom. The van der Waals surface area contributed by atoms with E-state index < -0.39 is 23.1 Å². The molecule has 1 aromatic carbocycles. The zero-order valence-corrected chi connectivity index (χ0v) is 27.8. The SMILES string of the molecule is CC(C)(C)Oc1nc(OC[C@@]23CCCN2C[C@H](F)C3)nc2c(F)c(-c3c(CCCO)c(Cl)cc4c3cnn4C3CCCCO3)ncc12. The van der Waals surface area contributed by atoms with Crippen LogP contribution < -0.4 is 9.47 Å². The summed E-state index contributed by atoms with van der Waals surface area (Å²) in [4.78, 5) is 15.9. The molecule has 10 nitrogen and oxygen atoms in total. The Hall–Kier alpha value is -3.19. The summed E-state index contributed by atoms with van der Waals surface area (Å²) in [5.41, 5.74) is 0.792. The van der Waals surface area contributed by atoms with Crippen LogP contribution in [0.5, 0.6) is 11.9 Å². The third-order valence-electron chi connectivity index (χ3n) is 9.47. The minimum absolute atomic E-state index is 0.0148. The van der Waals surface area contributed by atoms with Gasteiger partial charge in [0.25, 0.3) is 0 Å². The Labute approximate surface area is 277 Å². The fourth-order valence-corrected chi connectivity index (χ4v) is 7.67. The van der Waals surface area contributed by atoms with Crippen molar-refractivity contribution >= 4 is 33.4 Å². The van der Waals surface area contributed by atoms with Gasteiger partial charge in [-0.15, -0.1) is 0 Å². The van der Waals surface area contributed by atoms with Gasteiger partial charge < -0.3 is 19.3 Å². The first-order valence-electron chi connectivity index (χ1n) is 16.6. The van der Waals surface area contributed by atoms with Gasteiger partial charge in [0, 0.05) is 48.3 Å². The molecule has 3 aliphatic heterocycles. The molecule has 1 N–H and O–H groups in total. The molecule has 0 aliphatic carbocycles. The summed E-state index contributed by atoms with van der Waals surface area (Å²) >= 11 is 6.90. The van der Waals surface area contributed by atoms with Crippen molar-refractivity contribution in [2.24, 2.45) is 0 Å². The van der Waals surface area contributed by atoms with Gasteiger partial charge in [0.05, 0.1) is 22.6 Å². The molecule has 3 aromatic heterocycles. The predicted octanol–water partition coefficient (Wildman–Crippen LogP) is 6.59. The number of nitrogens with zero attached hydrogens (tertiary/aromatic N) is 6. The highest BCUT2D eigenvalue weighted by molar-refractivity contribution is 6.33. The highest BCUT2D eigenvalue weighted by Crippen LogP contribution is 2.43. The van der Waals surface area contributed by atoms with Gasteiger partial charge in [-0.25, -0.2) is 13.5 Å². The molecule has 0 amide bonds. The summed E-state index contributed by atoms with van der Waals surface area (Å²) in [7, 11) is 0. The highest BCUT2D eigenvalue weighted by atomic mass is 35.5. The van der Waals surface area contributed by atoms with Gasteiger partial charge in [-0.2, -0.15) is 15.1 Å². The van der Waals surface area contributed by atoms with Gasteiger partial charge in [0.2, 0.25) is 5.88 Å². The van der Waals surface area contributed by atoms with Crippen molar-refractivity contribution in [3.05, 3.63) is 34.9 Å². The third-order valence-corrected chi connectivity index (χ3v) is 9.81. The van der Waals surface area contributed by atoms with Gasteiger partial charge in [-0.3, -0.25) is 9.88 Å². The van der Waals surface area contributed by atoms with Crippen LogP contribution in [0, 0.1) is 5.82 Å². The number of ether oxygens (including phenoxy) is 3. The second-order valence-corrected chi connectivity index (χ2v) is 14.4. The lowest BCUT2D eigenvalue weighted by atomic mass is 9.95. The number of hydrogen-bond donors (Lipinski definition) is 1. The lowest BCUT2D eigenvalue weighted by Crippen LogP contribution is -2.43. The lowest BCUT2D eigenvalue weighted by Gasteiger charge is -2.31. The van der Waals surface area contributed by atoms with Crippen LogP contribution in [0.2, 0.25) is 5.02 Å². The van der Waals surface area contributed by atoms with Crippen LogP contribution in [0.15, 0.2) is 18.5 Å². The molecule has 4 aromatic rings. The minimum Gasteiger partial charge on any atom is -0.471 e. The topological polar surface area (TPSA) is 108 Å². The van der Waals surface area contributed by atoms with E-state index in [2.05, 4.69) is 25.0 Å². The molecular weight excluding hydrogens is 630 g/mol. The molecule has 252 valence electrons. The quantitative estimate of drug-likeness (QED) is 0.211. The fraction of sp³-hybridized carbons (Fsp3) is 0.588. The van der Waals surface area contributed by atoms with Crippen LogP contribution in [0.1, 0.15) is 77.5 Å². The Kier molecular flexibility index (Phi) is 8.73. The summed E-state index contributed by atoms with van der Waals surface area (Å²) < 4.78 is 51.6. The van der Waals surface area contributed by atoms with E-state index in [0.29, 0.717) is 64.9 Å². The summed E-state index contributed by atoms with van der Waals surface area (Å²) in [6, 6.07) is 1.78. The van der Waals surface area contributed by atoms with Crippen molar-refractivity contribution in [2.45, 2.75) is 95.7 Å². The summed E-state index contributed by atoms with van der Waals surface area (Å²) in [6.07, 6.45) is 7.84. The lowest BCUT2D eigenvalue weighted by molar-refractivity contribution is -0.0366. The normalized spacial score (nSPS) is 23.6. The van der Waals surface area contributed by atoms with Gasteiger partial charge in [-0.05, 0) is 83.9 Å². The number of alkyl halides is 1. The monoisotopic (exact) mass is 670 g/mol. The average molecular weight is 671 g/mol. The van der Waals surface area contributed by atoms with Crippen molar-refractivity contribution < 1.29 is 28.1 Å². The van der Waals surface area contributed by atoms with E-state index >= 15 is 4.39 Å². The maximum absolute atomic E-state index is 17.0. The number of fused-ring (bicyclic) bond motifs is 3. The van der Waals surface area contributed by atoms with Crippen molar-refractivity contribution in [1.82, 2.24) is 29.6 Å². The number of benzene rings is 1. The Morgan fingerprint density at radius 3 is 2.79 bits per heavy atom. The van der Waals surface area contributed by atoms with Crippen molar-refractivity contribution in [2.75, 3.05) is 32.9 Å². The molecule has 0 bridgehead atoms. The van der Waals surface area contributed by atoms with Crippen molar-refractivity contribution in [1.29, 1.82) is 0 Å². The Balaban J connectivity index is 1.36. The second-order valence-electron chi connectivity index (χ2n) is 14.0. The van der Waals surface area contributed by atoms with Gasteiger partial charge in [0.15, 0.2) is 12.0 Å². The molecule has 3 fully saturated rings. The van der Waals surface area contributed by atoms with Crippen LogP contribution in [0.3, 0.4) is 0 Å². The zero-order valence-electron chi connectivity index (χ0n) is 27.1. The summed E-state index contributed by atoms with van der Waals surface area (Å²) in [6.45, 7) is 7.60. The summed E-state index contributed by atoms with van der Waals surface area (Å²) in [5.74, 6) is -0.542. The first-order valence-corrected chi connectivity index (χ1v) is 16.9. The van der Waals surface area contributed by atoms with E-state index in [-0.39, 0.29) is 42.5 Å². The molecule has 6 heterocycles. The average Bonchev–Trinajstić information content (AvgIpc) is 3.71. The van der Waals surface area contributed by atoms with Gasteiger partial charge >= 0.3 is 6.01 Å². The number of halogens is 3. The second kappa shape index (κ2) is 12.7. The van der Waals surface area contributed by atoms with Crippen LogP contribution in [-0.2, 0) is 11.2 Å². The molecule has 3 aliphatic rings. The van der Waals surface area contributed by atoms with Crippen molar-refractivity contribution in [3.63, 3.8) is 0 Å². The van der Waals surface area contributed by atoms with E-state index in [1.165, 1.54) is 6.20 Å². The van der Waals surface area contributed by atoms with E-state index in [0.717, 1.165) is 38.6 Å². The molecule has 1 unspecified atom stereocenters. The molecule has 3 saturated heterocycles. The Morgan fingerprint density at radius 2 is 2.02 bits per heavy atom. The van der Waals surface area contributed by atoms with E-state index in [1.54, 1.807) is 10.9 Å². The number of aliphatic hydroxyl groups is 1. The Bertz CT molecular complexity index is 1790. The van der Waals surface area contributed by atoms with Crippen LogP contribution in [0.4, 0.5) is 8.78 Å². The highest BCUT2D eigenvalue weighted by Gasteiger charge is 2.49. The molecule has 47 heavy (non-hydrogen) atoms. The molecular formula is C34H41ClF2N6O4. The van der Waals surface area contributed by atoms with Crippen molar-refractivity contribution in [3.8, 4) is 23.1 Å². The number of aliphatic hydroxyl groups excluding tert-OH is 1. The first kappa shape index (κ1) is 32.4. The van der Waals surface area contributed by atoms with Crippen LogP contribution >= 0.6 is 11.6 Å². The predicted molar refractivity (Wildman–Crippen MR) is 174 cm³/mol. The largest absolute Gasteiger partial charge is 0.471 e. The van der Waals surface area contributed by atoms with Gasteiger partial charge in [-0.1, -0.05) is 11.6 Å². The fourth-order valence-electron chi connectivity index (χ4n) is 7.38. The molecule has 3 atom stereocenters. The van der Waals surface area contributed by atoms with E-state index in [4.69, 9.17) is 25.8 Å². The smallest absolute Gasteiger partial charge is 0.320 e. The number of hydrogen-bond acceptors (Lipinski definition) is 9. The molecule has 13 heteroatoms. The number of pyridine rings is 1. The number of aromatic nitrogens is 5. The molecule has 0 spiro atoms. The first-order chi connectivity index (χ1) is 22.6. The van der Waals surface area contributed by atoms with E-state index in [9.17, 15) is 9.50 Å². The van der Waals surface area contributed by atoms with E-state index in [1.807, 2.05) is 26.8 Å². The number of rotatable bonds is 9. The standard InChI is InChI=1S/C34H41ClF2N6O4/c1-33(2,3)47-31-23-16-38-30(28(37)29(23)40-32(41-31)46-19-34-10-7-11-42(34)18-20(36)15-34)27-21(8-6-12-44)24(35)14-25-22(27)17-39-43(25)26-9-4-5-13-45-26/h14,16-17,20,26,44H,4-13,15,18-19H2,1-3H3/t20-,26?,34+/m1/s1. The molecule has 0 saturated carbocycles. The van der Waals surface area contributed by atoms with Crippen LogP contribution in [0.25, 0.3) is 33.1 Å². The third kappa shape index (κ3) is 6.13. The molecule has 0 radical (unpaired) electrons. The summed E-state index contributed by atoms with van der Waals surface area (Å²) in [5, 5.41) is 15.7. The maximum atomic E-state index is 17.0. The maximum Gasteiger partial charge on any atom is 0.320 e. The minimum atomic E-state index is -0.911.